The molecule has 2 aromatic carbocycles. The van der Waals surface area contributed by atoms with Crippen molar-refractivity contribution in [1.29, 1.82) is 0 Å². The zero-order valence-electron chi connectivity index (χ0n) is 11.4. The van der Waals surface area contributed by atoms with E-state index in [-0.39, 0.29) is 12.6 Å². The van der Waals surface area contributed by atoms with E-state index in [0.29, 0.717) is 0 Å². The lowest BCUT2D eigenvalue weighted by Gasteiger charge is -2.28. The second-order valence-electron chi connectivity index (χ2n) is 4.91. The van der Waals surface area contributed by atoms with Gasteiger partial charge in [-0.1, -0.05) is 60.7 Å². The molecule has 19 heavy (non-hydrogen) atoms. The zero-order chi connectivity index (χ0) is 13.5. The van der Waals surface area contributed by atoms with Crippen LogP contribution in [0.2, 0.25) is 0 Å². The molecule has 2 nitrogen and oxygen atoms in total. The van der Waals surface area contributed by atoms with Gasteiger partial charge in [-0.2, -0.15) is 0 Å². The minimum absolute atomic E-state index is 0.153. The Kier molecular flexibility index (Phi) is 5.13. The molecule has 0 radical (unpaired) electrons. The molecule has 0 aliphatic carbocycles. The van der Waals surface area contributed by atoms with Gasteiger partial charge in [0.2, 0.25) is 0 Å². The van der Waals surface area contributed by atoms with Crippen LogP contribution in [-0.2, 0) is 13.1 Å². The van der Waals surface area contributed by atoms with Gasteiger partial charge in [-0.05, 0) is 18.1 Å². The standard InChI is InChI=1S/C17H21NO/c1-15(14-19)18(12-16-8-4-2-5-9-16)13-17-10-6-3-7-11-17/h2-11,15,19H,12-14H2,1H3. The minimum atomic E-state index is 0.153. The van der Waals surface area contributed by atoms with Crippen molar-refractivity contribution in [3.63, 3.8) is 0 Å². The molecule has 2 rings (SSSR count). The number of hydrogen-bond donors (Lipinski definition) is 1. The highest BCUT2D eigenvalue weighted by Gasteiger charge is 2.13. The summed E-state index contributed by atoms with van der Waals surface area (Å²) in [5, 5.41) is 9.42. The van der Waals surface area contributed by atoms with Crippen LogP contribution in [0.1, 0.15) is 18.1 Å². The topological polar surface area (TPSA) is 23.5 Å². The first-order chi connectivity index (χ1) is 9.29. The fraction of sp³-hybridized carbons (Fsp3) is 0.294. The highest BCUT2D eigenvalue weighted by atomic mass is 16.3. The molecular formula is C17H21NO. The maximum Gasteiger partial charge on any atom is 0.0584 e. The molecule has 0 spiro atoms. The monoisotopic (exact) mass is 255 g/mol. The number of aliphatic hydroxyl groups is 1. The lowest BCUT2D eigenvalue weighted by atomic mass is 10.1. The van der Waals surface area contributed by atoms with Crippen LogP contribution in [0.4, 0.5) is 0 Å². The highest BCUT2D eigenvalue weighted by molar-refractivity contribution is 5.17. The summed E-state index contributed by atoms with van der Waals surface area (Å²) >= 11 is 0. The van der Waals surface area contributed by atoms with E-state index in [1.54, 1.807) is 0 Å². The fourth-order valence-electron chi connectivity index (χ4n) is 2.12. The molecule has 1 N–H and O–H groups in total. The number of rotatable bonds is 6. The Balaban J connectivity index is 2.08. The average molecular weight is 255 g/mol. The van der Waals surface area contributed by atoms with Crippen molar-refractivity contribution >= 4 is 0 Å². The number of nitrogens with zero attached hydrogens (tertiary/aromatic N) is 1. The average Bonchev–Trinajstić information content (AvgIpc) is 2.48. The molecule has 0 saturated carbocycles. The van der Waals surface area contributed by atoms with E-state index in [0.717, 1.165) is 13.1 Å². The van der Waals surface area contributed by atoms with E-state index in [2.05, 4.69) is 60.4 Å². The maximum absolute atomic E-state index is 9.42. The molecule has 0 amide bonds. The smallest absolute Gasteiger partial charge is 0.0584 e. The van der Waals surface area contributed by atoms with Gasteiger partial charge in [-0.25, -0.2) is 0 Å². The van der Waals surface area contributed by atoms with E-state index in [1.807, 2.05) is 12.1 Å². The molecule has 2 aromatic rings. The van der Waals surface area contributed by atoms with E-state index < -0.39 is 0 Å². The Morgan fingerprint density at radius 3 is 1.63 bits per heavy atom. The predicted molar refractivity (Wildman–Crippen MR) is 78.7 cm³/mol. The van der Waals surface area contributed by atoms with Crippen molar-refractivity contribution in [3.05, 3.63) is 71.8 Å². The summed E-state index contributed by atoms with van der Waals surface area (Å²) in [6, 6.07) is 20.9. The SMILES string of the molecule is CC(CO)N(Cc1ccccc1)Cc1ccccc1. The van der Waals surface area contributed by atoms with Crippen LogP contribution in [-0.4, -0.2) is 22.7 Å². The first-order valence-corrected chi connectivity index (χ1v) is 6.72. The van der Waals surface area contributed by atoms with Gasteiger partial charge in [0, 0.05) is 19.1 Å². The molecule has 100 valence electrons. The van der Waals surface area contributed by atoms with Crippen LogP contribution in [0.25, 0.3) is 0 Å². The third-order valence-electron chi connectivity index (χ3n) is 3.34. The van der Waals surface area contributed by atoms with Crippen LogP contribution in [0.5, 0.6) is 0 Å². The molecule has 2 heteroatoms. The molecule has 1 unspecified atom stereocenters. The van der Waals surface area contributed by atoms with Gasteiger partial charge < -0.3 is 5.11 Å². The van der Waals surface area contributed by atoms with Gasteiger partial charge in [-0.3, -0.25) is 4.90 Å². The maximum atomic E-state index is 9.42. The third-order valence-corrected chi connectivity index (χ3v) is 3.34. The number of benzene rings is 2. The summed E-state index contributed by atoms with van der Waals surface area (Å²) in [4.78, 5) is 2.30. The van der Waals surface area contributed by atoms with E-state index in [9.17, 15) is 5.11 Å². The quantitative estimate of drug-likeness (QED) is 0.857. The van der Waals surface area contributed by atoms with Crippen molar-refractivity contribution in [3.8, 4) is 0 Å². The summed E-state index contributed by atoms with van der Waals surface area (Å²) in [6.07, 6.45) is 0. The Morgan fingerprint density at radius 1 is 0.842 bits per heavy atom. The molecule has 0 aliphatic heterocycles. The van der Waals surface area contributed by atoms with Gasteiger partial charge in [0.15, 0.2) is 0 Å². The summed E-state index contributed by atoms with van der Waals surface area (Å²) in [5.74, 6) is 0. The van der Waals surface area contributed by atoms with Gasteiger partial charge in [0.05, 0.1) is 6.61 Å². The number of hydrogen-bond acceptors (Lipinski definition) is 2. The third kappa shape index (κ3) is 4.19. The lowest BCUT2D eigenvalue weighted by molar-refractivity contribution is 0.121. The molecule has 0 saturated heterocycles. The second-order valence-corrected chi connectivity index (χ2v) is 4.91. The molecule has 1 atom stereocenters. The Morgan fingerprint density at radius 2 is 1.26 bits per heavy atom. The first kappa shape index (κ1) is 13.8. The minimum Gasteiger partial charge on any atom is -0.395 e. The molecule has 0 bridgehead atoms. The van der Waals surface area contributed by atoms with Crippen molar-refractivity contribution in [2.75, 3.05) is 6.61 Å². The van der Waals surface area contributed by atoms with Crippen LogP contribution in [0, 0.1) is 0 Å². The van der Waals surface area contributed by atoms with Crippen LogP contribution >= 0.6 is 0 Å². The largest absolute Gasteiger partial charge is 0.395 e. The van der Waals surface area contributed by atoms with E-state index >= 15 is 0 Å². The normalized spacial score (nSPS) is 12.6. The summed E-state index contributed by atoms with van der Waals surface area (Å²) < 4.78 is 0. The van der Waals surface area contributed by atoms with Gasteiger partial charge in [0.1, 0.15) is 0 Å². The van der Waals surface area contributed by atoms with Crippen LogP contribution in [0.3, 0.4) is 0 Å². The fourth-order valence-corrected chi connectivity index (χ4v) is 2.12. The first-order valence-electron chi connectivity index (χ1n) is 6.72. The Bertz CT molecular complexity index is 428. The summed E-state index contributed by atoms with van der Waals surface area (Å²) in [6.45, 7) is 3.96. The van der Waals surface area contributed by atoms with Gasteiger partial charge >= 0.3 is 0 Å². The number of aliphatic hydroxyl groups excluding tert-OH is 1. The Hall–Kier alpha value is -1.64. The van der Waals surface area contributed by atoms with Crippen molar-refractivity contribution in [2.24, 2.45) is 0 Å². The van der Waals surface area contributed by atoms with Crippen molar-refractivity contribution in [2.45, 2.75) is 26.1 Å². The van der Waals surface area contributed by atoms with Gasteiger partial charge in [-0.15, -0.1) is 0 Å². The second kappa shape index (κ2) is 7.07. The predicted octanol–water partition coefficient (Wildman–Crippen LogP) is 3.07. The summed E-state index contributed by atoms with van der Waals surface area (Å²) in [7, 11) is 0. The summed E-state index contributed by atoms with van der Waals surface area (Å²) in [5.41, 5.74) is 2.55. The van der Waals surface area contributed by atoms with Gasteiger partial charge in [0.25, 0.3) is 0 Å². The zero-order valence-corrected chi connectivity index (χ0v) is 11.4. The highest BCUT2D eigenvalue weighted by Crippen LogP contribution is 2.13. The van der Waals surface area contributed by atoms with Crippen LogP contribution in [0.15, 0.2) is 60.7 Å². The van der Waals surface area contributed by atoms with Crippen molar-refractivity contribution < 1.29 is 5.11 Å². The molecule has 0 aliphatic rings. The molecule has 0 heterocycles. The van der Waals surface area contributed by atoms with E-state index in [1.165, 1.54) is 11.1 Å². The van der Waals surface area contributed by atoms with Crippen LogP contribution < -0.4 is 0 Å². The molecule has 0 aromatic heterocycles. The molecule has 0 fully saturated rings. The molecular weight excluding hydrogens is 234 g/mol. The van der Waals surface area contributed by atoms with Crippen molar-refractivity contribution in [1.82, 2.24) is 4.90 Å². The lowest BCUT2D eigenvalue weighted by Crippen LogP contribution is -2.34. The van der Waals surface area contributed by atoms with E-state index in [4.69, 9.17) is 0 Å². The Labute approximate surface area is 115 Å².